The normalized spacial score (nSPS) is 11.5. The van der Waals surface area contributed by atoms with E-state index in [4.69, 9.17) is 4.42 Å². The van der Waals surface area contributed by atoms with E-state index in [0.29, 0.717) is 5.92 Å². The Morgan fingerprint density at radius 1 is 1.27 bits per heavy atom. The van der Waals surface area contributed by atoms with Crippen molar-refractivity contribution in [2.45, 2.75) is 31.6 Å². The number of hydrogen-bond donors (Lipinski definition) is 0. The molecule has 0 fully saturated rings. The SMILES string of the molecule is CSc1c(C(C)C)oc2ccc(C)cc12. The first-order valence-electron chi connectivity index (χ1n) is 5.20. The maximum absolute atomic E-state index is 5.89. The van der Waals surface area contributed by atoms with E-state index in [1.54, 1.807) is 11.8 Å². The highest BCUT2D eigenvalue weighted by Crippen LogP contribution is 2.37. The summed E-state index contributed by atoms with van der Waals surface area (Å²) >= 11 is 1.77. The molecule has 0 N–H and O–H groups in total. The summed E-state index contributed by atoms with van der Waals surface area (Å²) in [5.41, 5.74) is 2.29. The first-order chi connectivity index (χ1) is 7.13. The minimum absolute atomic E-state index is 0.445. The zero-order valence-electron chi connectivity index (χ0n) is 9.63. The van der Waals surface area contributed by atoms with Gasteiger partial charge < -0.3 is 4.42 Å². The number of furan rings is 1. The van der Waals surface area contributed by atoms with Crippen molar-refractivity contribution in [1.29, 1.82) is 0 Å². The van der Waals surface area contributed by atoms with Gasteiger partial charge in [0.2, 0.25) is 0 Å². The Balaban J connectivity index is 2.74. The highest BCUT2D eigenvalue weighted by Gasteiger charge is 2.15. The molecule has 1 nitrogen and oxygen atoms in total. The second kappa shape index (κ2) is 3.93. The topological polar surface area (TPSA) is 13.1 Å². The summed E-state index contributed by atoms with van der Waals surface area (Å²) in [6.45, 7) is 6.46. The van der Waals surface area contributed by atoms with Crippen LogP contribution in [-0.4, -0.2) is 6.26 Å². The van der Waals surface area contributed by atoms with Crippen molar-refractivity contribution >= 4 is 22.7 Å². The van der Waals surface area contributed by atoms with Gasteiger partial charge in [0.25, 0.3) is 0 Å². The van der Waals surface area contributed by atoms with E-state index in [-0.39, 0.29) is 0 Å². The minimum atomic E-state index is 0.445. The van der Waals surface area contributed by atoms with Gasteiger partial charge in [-0.2, -0.15) is 0 Å². The van der Waals surface area contributed by atoms with Crippen LogP contribution in [0, 0.1) is 6.92 Å². The predicted molar refractivity (Wildman–Crippen MR) is 66.8 cm³/mol. The highest BCUT2D eigenvalue weighted by molar-refractivity contribution is 7.98. The summed E-state index contributed by atoms with van der Waals surface area (Å²) in [7, 11) is 0. The van der Waals surface area contributed by atoms with Crippen LogP contribution in [0.5, 0.6) is 0 Å². The van der Waals surface area contributed by atoms with Gasteiger partial charge in [-0.25, -0.2) is 0 Å². The summed E-state index contributed by atoms with van der Waals surface area (Å²) in [5.74, 6) is 1.56. The van der Waals surface area contributed by atoms with E-state index < -0.39 is 0 Å². The molecule has 80 valence electrons. The lowest BCUT2D eigenvalue weighted by Crippen LogP contribution is -1.84. The molecule has 15 heavy (non-hydrogen) atoms. The first-order valence-corrected chi connectivity index (χ1v) is 6.43. The van der Waals surface area contributed by atoms with Gasteiger partial charge in [0.05, 0.1) is 4.90 Å². The van der Waals surface area contributed by atoms with Gasteiger partial charge in [0.1, 0.15) is 11.3 Å². The van der Waals surface area contributed by atoms with E-state index >= 15 is 0 Å². The van der Waals surface area contributed by atoms with Crippen LogP contribution >= 0.6 is 11.8 Å². The second-order valence-electron chi connectivity index (χ2n) is 4.15. The molecule has 0 bridgehead atoms. The van der Waals surface area contributed by atoms with Crippen LogP contribution in [-0.2, 0) is 0 Å². The summed E-state index contributed by atoms with van der Waals surface area (Å²) in [6, 6.07) is 6.37. The minimum Gasteiger partial charge on any atom is -0.460 e. The lowest BCUT2D eigenvalue weighted by Gasteiger charge is -2.02. The van der Waals surface area contributed by atoms with Crippen molar-refractivity contribution in [3.63, 3.8) is 0 Å². The lowest BCUT2D eigenvalue weighted by molar-refractivity contribution is 0.510. The zero-order chi connectivity index (χ0) is 11.0. The number of fused-ring (bicyclic) bond motifs is 1. The van der Waals surface area contributed by atoms with Crippen molar-refractivity contribution in [2.75, 3.05) is 6.26 Å². The first kappa shape index (κ1) is 10.6. The van der Waals surface area contributed by atoms with Crippen LogP contribution in [0.15, 0.2) is 27.5 Å². The molecule has 0 aliphatic heterocycles. The molecule has 0 saturated carbocycles. The molecule has 0 aliphatic rings. The Morgan fingerprint density at radius 3 is 2.60 bits per heavy atom. The third-order valence-corrected chi connectivity index (χ3v) is 3.38. The Labute approximate surface area is 94.9 Å². The van der Waals surface area contributed by atoms with Crippen LogP contribution in [0.2, 0.25) is 0 Å². The van der Waals surface area contributed by atoms with Gasteiger partial charge in [0.15, 0.2) is 0 Å². The van der Waals surface area contributed by atoms with Crippen molar-refractivity contribution in [1.82, 2.24) is 0 Å². The molecule has 1 aromatic carbocycles. The van der Waals surface area contributed by atoms with Crippen molar-refractivity contribution in [2.24, 2.45) is 0 Å². The Hall–Kier alpha value is -0.890. The van der Waals surface area contributed by atoms with Crippen LogP contribution < -0.4 is 0 Å². The van der Waals surface area contributed by atoms with Gasteiger partial charge in [0, 0.05) is 11.3 Å². The van der Waals surface area contributed by atoms with E-state index in [1.165, 1.54) is 15.8 Å². The van der Waals surface area contributed by atoms with Gasteiger partial charge >= 0.3 is 0 Å². The van der Waals surface area contributed by atoms with E-state index in [9.17, 15) is 0 Å². The van der Waals surface area contributed by atoms with Crippen LogP contribution in [0.1, 0.15) is 31.1 Å². The largest absolute Gasteiger partial charge is 0.460 e. The number of rotatable bonds is 2. The molecular formula is C13H16OS. The van der Waals surface area contributed by atoms with Crippen molar-refractivity contribution < 1.29 is 4.42 Å². The maximum atomic E-state index is 5.89. The molecule has 0 saturated heterocycles. The Bertz CT molecular complexity index is 482. The van der Waals surface area contributed by atoms with E-state index in [0.717, 1.165) is 11.3 Å². The van der Waals surface area contributed by atoms with Crippen molar-refractivity contribution in [3.8, 4) is 0 Å². The quantitative estimate of drug-likeness (QED) is 0.687. The molecule has 2 aromatic rings. The molecule has 0 radical (unpaired) electrons. The smallest absolute Gasteiger partial charge is 0.135 e. The van der Waals surface area contributed by atoms with Gasteiger partial charge in [-0.15, -0.1) is 11.8 Å². The molecule has 0 amide bonds. The fourth-order valence-electron chi connectivity index (χ4n) is 1.80. The zero-order valence-corrected chi connectivity index (χ0v) is 10.4. The lowest BCUT2D eigenvalue weighted by atomic mass is 10.1. The van der Waals surface area contributed by atoms with Crippen molar-refractivity contribution in [3.05, 3.63) is 29.5 Å². The molecule has 0 unspecified atom stereocenters. The molecule has 1 aromatic heterocycles. The number of thioether (sulfide) groups is 1. The third kappa shape index (κ3) is 1.78. The van der Waals surface area contributed by atoms with Crippen LogP contribution in [0.25, 0.3) is 11.0 Å². The number of hydrogen-bond acceptors (Lipinski definition) is 2. The van der Waals surface area contributed by atoms with Gasteiger partial charge in [-0.3, -0.25) is 0 Å². The molecule has 0 aliphatic carbocycles. The molecular weight excluding hydrogens is 204 g/mol. The highest BCUT2D eigenvalue weighted by atomic mass is 32.2. The summed E-state index contributed by atoms with van der Waals surface area (Å²) in [4.78, 5) is 1.30. The monoisotopic (exact) mass is 220 g/mol. The number of aryl methyl sites for hydroxylation is 1. The molecule has 0 atom stereocenters. The van der Waals surface area contributed by atoms with E-state index in [2.05, 4.69) is 45.2 Å². The Morgan fingerprint density at radius 2 is 2.00 bits per heavy atom. The molecule has 2 heteroatoms. The standard InChI is InChI=1S/C13H16OS/c1-8(2)12-13(15-4)10-7-9(3)5-6-11(10)14-12/h5-8H,1-4H3. The average molecular weight is 220 g/mol. The fourth-order valence-corrected chi connectivity index (χ4v) is 2.66. The van der Waals surface area contributed by atoms with Crippen LogP contribution in [0.3, 0.4) is 0 Å². The molecule has 1 heterocycles. The second-order valence-corrected chi connectivity index (χ2v) is 4.97. The third-order valence-electron chi connectivity index (χ3n) is 2.55. The fraction of sp³-hybridized carbons (Fsp3) is 0.385. The van der Waals surface area contributed by atoms with Crippen LogP contribution in [0.4, 0.5) is 0 Å². The summed E-state index contributed by atoms with van der Waals surface area (Å²) in [6.07, 6.45) is 2.11. The Kier molecular flexibility index (Phi) is 2.79. The molecule has 0 spiro atoms. The summed E-state index contributed by atoms with van der Waals surface area (Å²) in [5, 5.41) is 1.26. The van der Waals surface area contributed by atoms with Gasteiger partial charge in [-0.05, 0) is 25.3 Å². The predicted octanol–water partition coefficient (Wildman–Crippen LogP) is 4.59. The maximum Gasteiger partial charge on any atom is 0.135 e. The molecule has 2 rings (SSSR count). The number of benzene rings is 1. The van der Waals surface area contributed by atoms with E-state index in [1.807, 2.05) is 0 Å². The average Bonchev–Trinajstić information content (AvgIpc) is 2.55. The summed E-state index contributed by atoms with van der Waals surface area (Å²) < 4.78 is 5.89. The van der Waals surface area contributed by atoms with Gasteiger partial charge in [-0.1, -0.05) is 25.5 Å².